The summed E-state index contributed by atoms with van der Waals surface area (Å²) in [5.41, 5.74) is 0.660. The molecule has 1 aromatic carbocycles. The maximum absolute atomic E-state index is 11.3. The first kappa shape index (κ1) is 16.3. The molecule has 5 heteroatoms. The summed E-state index contributed by atoms with van der Waals surface area (Å²) in [6, 6.07) is 4.39. The molecule has 0 fully saturated rings. The fourth-order valence-corrected chi connectivity index (χ4v) is 1.95. The molecule has 0 aromatic heterocycles. The van der Waals surface area contributed by atoms with Crippen molar-refractivity contribution in [3.8, 4) is 11.5 Å². The third kappa shape index (κ3) is 5.48. The van der Waals surface area contributed by atoms with Gasteiger partial charge in [-0.1, -0.05) is 13.0 Å². The van der Waals surface area contributed by atoms with E-state index < -0.39 is 0 Å². The number of phenols is 2. The molecule has 0 bridgehead atoms. The lowest BCUT2D eigenvalue weighted by atomic mass is 9.96. The fraction of sp³-hybridized carbons (Fsp3) is 0.533. The van der Waals surface area contributed by atoms with Gasteiger partial charge in [0.15, 0.2) is 0 Å². The largest absolute Gasteiger partial charge is 0.508 e. The van der Waals surface area contributed by atoms with Gasteiger partial charge >= 0.3 is 5.97 Å². The summed E-state index contributed by atoms with van der Waals surface area (Å²) in [6.07, 6.45) is 2.09. The van der Waals surface area contributed by atoms with Crippen LogP contribution in [-0.4, -0.2) is 34.5 Å². The summed E-state index contributed by atoms with van der Waals surface area (Å²) in [5.74, 6) is -0.297. The number of carbonyl (C=O) groups is 1. The summed E-state index contributed by atoms with van der Waals surface area (Å²) in [5, 5.41) is 28.0. The monoisotopic (exact) mass is 282 g/mol. The van der Waals surface area contributed by atoms with Gasteiger partial charge in [0.2, 0.25) is 0 Å². The predicted octanol–water partition coefficient (Wildman–Crippen LogP) is 1.98. The number of rotatable bonds is 8. The average Bonchev–Trinajstić information content (AvgIpc) is 2.39. The number of ether oxygens (including phenoxy) is 1. The van der Waals surface area contributed by atoms with Crippen LogP contribution in [0.15, 0.2) is 18.2 Å². The Bertz CT molecular complexity index is 430. The van der Waals surface area contributed by atoms with Crippen molar-refractivity contribution in [2.45, 2.75) is 32.6 Å². The van der Waals surface area contributed by atoms with Gasteiger partial charge in [0.25, 0.3) is 0 Å². The van der Waals surface area contributed by atoms with Gasteiger partial charge in [0, 0.05) is 19.1 Å². The van der Waals surface area contributed by atoms with Crippen molar-refractivity contribution in [2.75, 3.05) is 13.2 Å². The molecule has 0 aliphatic rings. The van der Waals surface area contributed by atoms with Crippen LogP contribution in [0.1, 0.15) is 31.7 Å². The van der Waals surface area contributed by atoms with E-state index in [9.17, 15) is 15.0 Å². The molecule has 0 heterocycles. The number of benzene rings is 1. The van der Waals surface area contributed by atoms with Crippen molar-refractivity contribution in [3.05, 3.63) is 23.8 Å². The first-order valence-electron chi connectivity index (χ1n) is 6.84. The Morgan fingerprint density at radius 1 is 1.35 bits per heavy atom. The van der Waals surface area contributed by atoms with Crippen molar-refractivity contribution in [1.82, 2.24) is 0 Å². The third-order valence-corrected chi connectivity index (χ3v) is 3.05. The minimum Gasteiger partial charge on any atom is -0.508 e. The predicted molar refractivity (Wildman–Crippen MR) is 74.5 cm³/mol. The van der Waals surface area contributed by atoms with E-state index in [2.05, 4.69) is 0 Å². The van der Waals surface area contributed by atoms with E-state index in [1.165, 1.54) is 12.1 Å². The Kier molecular flexibility index (Phi) is 6.87. The summed E-state index contributed by atoms with van der Waals surface area (Å²) in [6.45, 7) is 2.12. The van der Waals surface area contributed by atoms with E-state index in [4.69, 9.17) is 9.84 Å². The second-order valence-corrected chi connectivity index (χ2v) is 4.83. The Labute approximate surface area is 118 Å². The number of hydrogen-bond donors (Lipinski definition) is 3. The molecule has 0 saturated carbocycles. The highest BCUT2D eigenvalue weighted by molar-refractivity contribution is 5.69. The van der Waals surface area contributed by atoms with Crippen molar-refractivity contribution >= 4 is 5.97 Å². The number of aromatic hydroxyl groups is 2. The molecule has 112 valence electrons. The molecule has 0 radical (unpaired) electrons. The maximum atomic E-state index is 11.3. The van der Waals surface area contributed by atoms with Gasteiger partial charge < -0.3 is 20.1 Å². The van der Waals surface area contributed by atoms with Crippen LogP contribution >= 0.6 is 0 Å². The highest BCUT2D eigenvalue weighted by Crippen LogP contribution is 2.26. The number of phenolic OH excluding ortho intramolecular Hbond substituents is 2. The highest BCUT2D eigenvalue weighted by Gasteiger charge is 2.14. The third-order valence-electron chi connectivity index (χ3n) is 3.05. The molecular weight excluding hydrogens is 260 g/mol. The van der Waals surface area contributed by atoms with Gasteiger partial charge in [-0.3, -0.25) is 4.79 Å². The zero-order valence-corrected chi connectivity index (χ0v) is 11.7. The molecule has 1 unspecified atom stereocenters. The van der Waals surface area contributed by atoms with Gasteiger partial charge in [-0.2, -0.15) is 0 Å². The second kappa shape index (κ2) is 8.43. The van der Waals surface area contributed by atoms with Gasteiger partial charge in [-0.25, -0.2) is 0 Å². The van der Waals surface area contributed by atoms with Crippen LogP contribution in [0, 0.1) is 5.92 Å². The molecule has 0 spiro atoms. The summed E-state index contributed by atoms with van der Waals surface area (Å²) < 4.78 is 5.15. The normalized spacial score (nSPS) is 12.1. The summed E-state index contributed by atoms with van der Waals surface area (Å²) in [4.78, 5) is 11.3. The number of hydrogen-bond acceptors (Lipinski definition) is 5. The van der Waals surface area contributed by atoms with E-state index in [1.54, 1.807) is 6.07 Å². The van der Waals surface area contributed by atoms with E-state index in [0.29, 0.717) is 24.8 Å². The molecule has 0 saturated heterocycles. The smallest absolute Gasteiger partial charge is 0.305 e. The molecule has 0 aliphatic heterocycles. The minimum absolute atomic E-state index is 0.000619. The number of aliphatic hydroxyl groups excluding tert-OH is 1. The molecule has 20 heavy (non-hydrogen) atoms. The van der Waals surface area contributed by atoms with Crippen molar-refractivity contribution < 1.29 is 24.9 Å². The standard InChI is InChI=1S/C15H22O5/c1-2-3-15(19)20-10-11(6-7-16)8-12-4-5-13(17)9-14(12)18/h4-5,9,11,16-18H,2-3,6-8,10H2,1H3. The van der Waals surface area contributed by atoms with E-state index in [1.807, 2.05) is 6.92 Å². The number of aliphatic hydroxyl groups is 1. The van der Waals surface area contributed by atoms with Gasteiger partial charge in [-0.15, -0.1) is 0 Å². The van der Waals surface area contributed by atoms with Crippen LogP contribution < -0.4 is 0 Å². The van der Waals surface area contributed by atoms with Gasteiger partial charge in [0.05, 0.1) is 6.61 Å². The van der Waals surface area contributed by atoms with E-state index in [-0.39, 0.29) is 36.6 Å². The molecular formula is C15H22O5. The van der Waals surface area contributed by atoms with E-state index in [0.717, 1.165) is 6.42 Å². The molecule has 1 rings (SSSR count). The van der Waals surface area contributed by atoms with Gasteiger partial charge in [-0.05, 0) is 36.8 Å². The Hall–Kier alpha value is -1.75. The summed E-state index contributed by atoms with van der Waals surface area (Å²) in [7, 11) is 0. The topological polar surface area (TPSA) is 87.0 Å². The number of esters is 1. The Morgan fingerprint density at radius 2 is 2.10 bits per heavy atom. The molecule has 1 aromatic rings. The molecule has 5 nitrogen and oxygen atoms in total. The van der Waals surface area contributed by atoms with E-state index >= 15 is 0 Å². The van der Waals surface area contributed by atoms with Gasteiger partial charge in [0.1, 0.15) is 11.5 Å². The highest BCUT2D eigenvalue weighted by atomic mass is 16.5. The summed E-state index contributed by atoms with van der Waals surface area (Å²) >= 11 is 0. The average molecular weight is 282 g/mol. The maximum Gasteiger partial charge on any atom is 0.305 e. The van der Waals surface area contributed by atoms with Crippen LogP contribution in [0.3, 0.4) is 0 Å². The lowest BCUT2D eigenvalue weighted by molar-refractivity contribution is -0.145. The Balaban J connectivity index is 2.59. The first-order valence-corrected chi connectivity index (χ1v) is 6.84. The molecule has 3 N–H and O–H groups in total. The zero-order valence-electron chi connectivity index (χ0n) is 11.7. The van der Waals surface area contributed by atoms with Crippen molar-refractivity contribution in [3.63, 3.8) is 0 Å². The first-order chi connectivity index (χ1) is 9.56. The number of carbonyl (C=O) groups excluding carboxylic acids is 1. The molecule has 1 atom stereocenters. The Morgan fingerprint density at radius 3 is 2.70 bits per heavy atom. The van der Waals surface area contributed by atoms with Crippen molar-refractivity contribution in [1.29, 1.82) is 0 Å². The molecule has 0 aliphatic carbocycles. The van der Waals surface area contributed by atoms with Crippen LogP contribution in [-0.2, 0) is 16.0 Å². The lowest BCUT2D eigenvalue weighted by Crippen LogP contribution is -2.17. The molecule has 0 amide bonds. The van der Waals surface area contributed by atoms with Crippen LogP contribution in [0.25, 0.3) is 0 Å². The van der Waals surface area contributed by atoms with Crippen LogP contribution in [0.4, 0.5) is 0 Å². The van der Waals surface area contributed by atoms with Crippen LogP contribution in [0.2, 0.25) is 0 Å². The second-order valence-electron chi connectivity index (χ2n) is 4.83. The zero-order chi connectivity index (χ0) is 15.0. The van der Waals surface area contributed by atoms with Crippen LogP contribution in [0.5, 0.6) is 11.5 Å². The minimum atomic E-state index is -0.245. The quantitative estimate of drug-likeness (QED) is 0.635. The van der Waals surface area contributed by atoms with Crippen molar-refractivity contribution in [2.24, 2.45) is 5.92 Å². The SMILES string of the molecule is CCCC(=O)OCC(CCO)Cc1ccc(O)cc1O. The fourth-order valence-electron chi connectivity index (χ4n) is 1.95. The lowest BCUT2D eigenvalue weighted by Gasteiger charge is -2.17.